The Hall–Kier alpha value is -2.04. The molecular weight excluding hydrogens is 221 g/mol. The van der Waals surface area contributed by atoms with Crippen LogP contribution in [0.2, 0.25) is 0 Å². The second-order valence-electron chi connectivity index (χ2n) is 3.68. The Morgan fingerprint density at radius 1 is 1.35 bits per heavy atom. The van der Waals surface area contributed by atoms with Crippen LogP contribution in [0.3, 0.4) is 0 Å². The zero-order valence-corrected chi connectivity index (χ0v) is 9.43. The van der Waals surface area contributed by atoms with Gasteiger partial charge in [0.05, 0.1) is 12.2 Å². The fraction of sp³-hybridized carbons (Fsp3) is 0.250. The number of aromatic nitrogens is 3. The molecule has 2 aromatic rings. The normalized spacial score (nSPS) is 10.5. The van der Waals surface area contributed by atoms with Gasteiger partial charge in [-0.15, -0.1) is 5.10 Å². The van der Waals surface area contributed by atoms with E-state index in [1.807, 2.05) is 6.92 Å². The molecule has 5 heteroatoms. The van der Waals surface area contributed by atoms with Crippen molar-refractivity contribution < 1.29 is 9.18 Å². The summed E-state index contributed by atoms with van der Waals surface area (Å²) in [5.41, 5.74) is 2.09. The van der Waals surface area contributed by atoms with Crippen molar-refractivity contribution in [3.8, 4) is 0 Å². The predicted molar refractivity (Wildman–Crippen MR) is 60.3 cm³/mol. The van der Waals surface area contributed by atoms with Crippen molar-refractivity contribution >= 4 is 6.29 Å². The molecule has 0 atom stereocenters. The molecule has 0 saturated carbocycles. The van der Waals surface area contributed by atoms with Crippen LogP contribution in [0, 0.1) is 5.82 Å². The Morgan fingerprint density at radius 2 is 2.06 bits per heavy atom. The number of rotatable bonds is 4. The zero-order valence-electron chi connectivity index (χ0n) is 9.43. The maximum atomic E-state index is 12.7. The van der Waals surface area contributed by atoms with E-state index < -0.39 is 0 Å². The molecule has 1 aromatic heterocycles. The molecule has 0 amide bonds. The van der Waals surface area contributed by atoms with Crippen molar-refractivity contribution in [3.63, 3.8) is 0 Å². The standard InChI is InChI=1S/C12H12FN3O/c1-2-12-11(8-17)14-15-16(12)7-9-3-5-10(13)6-4-9/h3-6,8H,2,7H2,1H3. The van der Waals surface area contributed by atoms with E-state index in [9.17, 15) is 9.18 Å². The molecule has 1 heterocycles. The Morgan fingerprint density at radius 3 is 2.65 bits per heavy atom. The van der Waals surface area contributed by atoms with Crippen LogP contribution >= 0.6 is 0 Å². The third-order valence-corrected chi connectivity index (χ3v) is 2.56. The lowest BCUT2D eigenvalue weighted by Gasteiger charge is -2.04. The number of halogens is 1. The monoisotopic (exact) mass is 233 g/mol. The van der Waals surface area contributed by atoms with Gasteiger partial charge >= 0.3 is 0 Å². The van der Waals surface area contributed by atoms with Gasteiger partial charge in [-0.25, -0.2) is 9.07 Å². The lowest BCUT2D eigenvalue weighted by atomic mass is 10.2. The van der Waals surface area contributed by atoms with Crippen molar-refractivity contribution in [2.24, 2.45) is 0 Å². The molecule has 2 rings (SSSR count). The smallest absolute Gasteiger partial charge is 0.172 e. The Labute approximate surface area is 98.1 Å². The van der Waals surface area contributed by atoms with E-state index in [1.165, 1.54) is 12.1 Å². The van der Waals surface area contributed by atoms with Crippen LogP contribution in [0.4, 0.5) is 4.39 Å². The summed E-state index contributed by atoms with van der Waals surface area (Å²) in [6.07, 6.45) is 1.38. The molecule has 0 unspecified atom stereocenters. The lowest BCUT2D eigenvalue weighted by Crippen LogP contribution is -2.06. The van der Waals surface area contributed by atoms with Crippen molar-refractivity contribution in [2.45, 2.75) is 19.9 Å². The van der Waals surface area contributed by atoms with Crippen molar-refractivity contribution in [3.05, 3.63) is 47.0 Å². The first-order valence-electron chi connectivity index (χ1n) is 5.36. The van der Waals surface area contributed by atoms with E-state index in [0.717, 1.165) is 11.3 Å². The maximum absolute atomic E-state index is 12.7. The molecule has 1 aromatic carbocycles. The molecule has 0 spiro atoms. The SMILES string of the molecule is CCc1c(C=O)nnn1Cc1ccc(F)cc1. The van der Waals surface area contributed by atoms with Crippen molar-refractivity contribution in [1.29, 1.82) is 0 Å². The van der Waals surface area contributed by atoms with E-state index in [2.05, 4.69) is 10.3 Å². The van der Waals surface area contributed by atoms with Crippen LogP contribution < -0.4 is 0 Å². The van der Waals surface area contributed by atoms with Crippen LogP contribution in [0.25, 0.3) is 0 Å². The van der Waals surface area contributed by atoms with Gasteiger partial charge in [-0.3, -0.25) is 4.79 Å². The molecule has 17 heavy (non-hydrogen) atoms. The van der Waals surface area contributed by atoms with Crippen LogP contribution in [-0.4, -0.2) is 21.3 Å². The molecule has 0 aliphatic carbocycles. The topological polar surface area (TPSA) is 47.8 Å². The van der Waals surface area contributed by atoms with Gasteiger partial charge in [-0.05, 0) is 24.1 Å². The number of nitrogens with zero attached hydrogens (tertiary/aromatic N) is 3. The first-order valence-corrected chi connectivity index (χ1v) is 5.36. The highest BCUT2D eigenvalue weighted by atomic mass is 19.1. The fourth-order valence-electron chi connectivity index (χ4n) is 1.69. The van der Waals surface area contributed by atoms with Gasteiger partial charge in [0.1, 0.15) is 11.5 Å². The van der Waals surface area contributed by atoms with Crippen LogP contribution in [0.1, 0.15) is 28.7 Å². The number of carbonyl (C=O) groups is 1. The van der Waals surface area contributed by atoms with Crippen LogP contribution in [0.5, 0.6) is 0 Å². The molecular formula is C12H12FN3O. The average Bonchev–Trinajstić information content (AvgIpc) is 2.74. The minimum absolute atomic E-state index is 0.267. The number of aldehydes is 1. The second kappa shape index (κ2) is 4.86. The van der Waals surface area contributed by atoms with Crippen LogP contribution in [0.15, 0.2) is 24.3 Å². The van der Waals surface area contributed by atoms with Gasteiger partial charge in [-0.1, -0.05) is 24.3 Å². The van der Waals surface area contributed by atoms with Crippen molar-refractivity contribution in [2.75, 3.05) is 0 Å². The van der Waals surface area contributed by atoms with E-state index in [0.29, 0.717) is 24.9 Å². The number of hydrogen-bond acceptors (Lipinski definition) is 3. The van der Waals surface area contributed by atoms with E-state index in [4.69, 9.17) is 0 Å². The highest BCUT2D eigenvalue weighted by Crippen LogP contribution is 2.09. The molecule has 0 bridgehead atoms. The summed E-state index contributed by atoms with van der Waals surface area (Å²) < 4.78 is 14.4. The average molecular weight is 233 g/mol. The predicted octanol–water partition coefficient (Wildman–Crippen LogP) is 1.84. The molecule has 0 aliphatic heterocycles. The molecule has 0 N–H and O–H groups in total. The quantitative estimate of drug-likeness (QED) is 0.757. The van der Waals surface area contributed by atoms with Crippen molar-refractivity contribution in [1.82, 2.24) is 15.0 Å². The van der Waals surface area contributed by atoms with Gasteiger partial charge in [0.2, 0.25) is 0 Å². The van der Waals surface area contributed by atoms with Gasteiger partial charge in [0.25, 0.3) is 0 Å². The third kappa shape index (κ3) is 2.38. The van der Waals surface area contributed by atoms with E-state index >= 15 is 0 Å². The first kappa shape index (κ1) is 11.4. The minimum atomic E-state index is -0.267. The highest BCUT2D eigenvalue weighted by molar-refractivity contribution is 5.73. The number of hydrogen-bond donors (Lipinski definition) is 0. The fourth-order valence-corrected chi connectivity index (χ4v) is 1.69. The summed E-state index contributed by atoms with van der Waals surface area (Å²) >= 11 is 0. The molecule has 0 aliphatic rings. The minimum Gasteiger partial charge on any atom is -0.296 e. The Balaban J connectivity index is 2.26. The summed E-state index contributed by atoms with van der Waals surface area (Å²) in [5.74, 6) is -0.267. The van der Waals surface area contributed by atoms with Gasteiger partial charge in [0, 0.05) is 0 Å². The van der Waals surface area contributed by atoms with Gasteiger partial charge < -0.3 is 0 Å². The summed E-state index contributed by atoms with van der Waals surface area (Å²) in [5, 5.41) is 7.71. The lowest BCUT2D eigenvalue weighted by molar-refractivity contribution is 0.111. The largest absolute Gasteiger partial charge is 0.296 e. The highest BCUT2D eigenvalue weighted by Gasteiger charge is 2.10. The summed E-state index contributed by atoms with van der Waals surface area (Å²) in [6.45, 7) is 2.43. The molecule has 0 radical (unpaired) electrons. The van der Waals surface area contributed by atoms with E-state index in [-0.39, 0.29) is 5.82 Å². The maximum Gasteiger partial charge on any atom is 0.172 e. The summed E-state index contributed by atoms with van der Waals surface area (Å²) in [4.78, 5) is 10.7. The molecule has 0 fully saturated rings. The molecule has 0 saturated heterocycles. The molecule has 4 nitrogen and oxygen atoms in total. The summed E-state index contributed by atoms with van der Waals surface area (Å²) in [6, 6.07) is 6.19. The third-order valence-electron chi connectivity index (χ3n) is 2.56. The molecule has 88 valence electrons. The second-order valence-corrected chi connectivity index (χ2v) is 3.68. The van der Waals surface area contributed by atoms with E-state index in [1.54, 1.807) is 16.8 Å². The van der Waals surface area contributed by atoms with Gasteiger partial charge in [-0.2, -0.15) is 0 Å². The first-order chi connectivity index (χ1) is 8.24. The number of benzene rings is 1. The Kier molecular flexibility index (Phi) is 3.27. The van der Waals surface area contributed by atoms with Gasteiger partial charge in [0.15, 0.2) is 6.29 Å². The summed E-state index contributed by atoms with van der Waals surface area (Å²) in [7, 11) is 0. The zero-order chi connectivity index (χ0) is 12.3. The number of carbonyl (C=O) groups excluding carboxylic acids is 1. The van der Waals surface area contributed by atoms with Crippen LogP contribution in [-0.2, 0) is 13.0 Å². The Bertz CT molecular complexity index is 519.